The largest absolute Gasteiger partial charge is 0.442 e. The van der Waals surface area contributed by atoms with Gasteiger partial charge in [0.25, 0.3) is 11.0 Å². The molecule has 4 rings (SSSR count). The Hall–Kier alpha value is -2.53. The van der Waals surface area contributed by atoms with Crippen molar-refractivity contribution in [2.75, 3.05) is 6.54 Å². The van der Waals surface area contributed by atoms with E-state index in [0.29, 0.717) is 17.2 Å². The number of nitrogens with two attached hydrogens (primary N) is 1. The molecule has 0 saturated carbocycles. The molecule has 4 heterocycles. The second kappa shape index (κ2) is 6.24. The van der Waals surface area contributed by atoms with Gasteiger partial charge in [0.05, 0.1) is 18.4 Å². The van der Waals surface area contributed by atoms with Crippen LogP contribution in [0, 0.1) is 13.8 Å². The molecule has 2 atom stereocenters. The fourth-order valence-corrected chi connectivity index (χ4v) is 4.93. The minimum absolute atomic E-state index is 0.0179. The minimum atomic E-state index is -4.43. The van der Waals surface area contributed by atoms with Crippen LogP contribution in [0.4, 0.5) is 24.1 Å². The number of hydrogen-bond acceptors (Lipinski definition) is 5. The number of amides is 1. The summed E-state index contributed by atoms with van der Waals surface area (Å²) in [6.45, 7) is 3.84. The first kappa shape index (κ1) is 18.8. The fourth-order valence-electron chi connectivity index (χ4n) is 3.81. The van der Waals surface area contributed by atoms with Crippen LogP contribution >= 0.6 is 11.3 Å². The van der Waals surface area contributed by atoms with Crippen molar-refractivity contribution in [1.29, 1.82) is 0 Å². The Balaban J connectivity index is 2.00. The van der Waals surface area contributed by atoms with Crippen molar-refractivity contribution in [3.8, 4) is 0 Å². The molecule has 0 bridgehead atoms. The van der Waals surface area contributed by atoms with E-state index in [2.05, 4.69) is 15.1 Å². The summed E-state index contributed by atoms with van der Waals surface area (Å²) in [5.41, 5.74) is 6.27. The molecule has 2 N–H and O–H groups in total. The minimum Gasteiger partial charge on any atom is -0.365 e. The van der Waals surface area contributed by atoms with Crippen LogP contribution < -0.4 is 10.2 Å². The lowest BCUT2D eigenvalue weighted by molar-refractivity contribution is -0.167. The van der Waals surface area contributed by atoms with Gasteiger partial charge >= 0.3 is 6.18 Å². The molecule has 0 spiro atoms. The highest BCUT2D eigenvalue weighted by Crippen LogP contribution is 2.49. The zero-order valence-electron chi connectivity index (χ0n) is 15.2. The lowest BCUT2D eigenvalue weighted by Gasteiger charge is -2.36. The van der Waals surface area contributed by atoms with E-state index in [9.17, 15) is 18.0 Å². The number of hydrogen-bond donors (Lipinski definition) is 1. The summed E-state index contributed by atoms with van der Waals surface area (Å²) in [6, 6.07) is -0.145. The van der Waals surface area contributed by atoms with E-state index in [-0.39, 0.29) is 30.0 Å². The zero-order chi connectivity index (χ0) is 20.3. The SMILES string of the molecule is Cc1nc([N+]2(c3ccn4ncc(C(N)=O)c4n3)CCCC2C(F)(F)F)sc1C. The molecule has 3 aromatic rings. The van der Waals surface area contributed by atoms with Gasteiger partial charge in [0.15, 0.2) is 11.7 Å². The molecule has 2 unspecified atom stereocenters. The summed E-state index contributed by atoms with van der Waals surface area (Å²) in [6.07, 6.45) is -1.29. The Morgan fingerprint density at radius 1 is 1.36 bits per heavy atom. The molecule has 1 saturated heterocycles. The van der Waals surface area contributed by atoms with Crippen LogP contribution in [0.3, 0.4) is 0 Å². The van der Waals surface area contributed by atoms with Crippen molar-refractivity contribution < 1.29 is 18.0 Å². The number of primary amides is 1. The number of rotatable bonds is 3. The zero-order valence-corrected chi connectivity index (χ0v) is 16.0. The van der Waals surface area contributed by atoms with Crippen molar-refractivity contribution in [1.82, 2.24) is 24.1 Å². The predicted octanol–water partition coefficient (Wildman–Crippen LogP) is 3.27. The fraction of sp³-hybridized carbons (Fsp3) is 0.412. The van der Waals surface area contributed by atoms with Gasteiger partial charge < -0.3 is 5.73 Å². The molecule has 0 aliphatic carbocycles. The number of alkyl halides is 3. The van der Waals surface area contributed by atoms with Crippen molar-refractivity contribution in [2.45, 2.75) is 38.9 Å². The van der Waals surface area contributed by atoms with E-state index in [1.54, 1.807) is 6.92 Å². The molecule has 28 heavy (non-hydrogen) atoms. The molecular weight excluding hydrogens is 393 g/mol. The maximum absolute atomic E-state index is 14.0. The average molecular weight is 411 g/mol. The second-order valence-electron chi connectivity index (χ2n) is 6.91. The number of carbonyl (C=O) groups is 1. The molecular formula is C17H18F3N6OS+. The molecule has 11 heteroatoms. The van der Waals surface area contributed by atoms with E-state index >= 15 is 0 Å². The highest BCUT2D eigenvalue weighted by atomic mass is 32.1. The van der Waals surface area contributed by atoms with Gasteiger partial charge in [-0.1, -0.05) is 11.3 Å². The molecule has 7 nitrogen and oxygen atoms in total. The summed E-state index contributed by atoms with van der Waals surface area (Å²) in [5.74, 6) is -0.551. The van der Waals surface area contributed by atoms with Gasteiger partial charge in [-0.25, -0.2) is 9.00 Å². The summed E-state index contributed by atoms with van der Waals surface area (Å²) in [5, 5.41) is 4.35. The Labute approximate surface area is 162 Å². The van der Waals surface area contributed by atoms with Crippen LogP contribution in [0.15, 0.2) is 18.5 Å². The van der Waals surface area contributed by atoms with Crippen LogP contribution in [0.1, 0.15) is 33.8 Å². The lowest BCUT2D eigenvalue weighted by Crippen LogP contribution is -2.55. The summed E-state index contributed by atoms with van der Waals surface area (Å²) >= 11 is 1.25. The number of aryl methyl sites for hydroxylation is 2. The Morgan fingerprint density at radius 3 is 2.71 bits per heavy atom. The van der Waals surface area contributed by atoms with E-state index in [0.717, 1.165) is 4.88 Å². The standard InChI is InChI=1S/C17H17F3N6OS/c1-9-10(2)28-16(23-9)26(7-3-4-12(26)17(18,19)20)13-5-6-25-15(24-13)11(8-22-25)14(21)27/h5-6,8,12H,3-4,7H2,1-2H3,(H-,21,27)/p+1. The molecule has 1 amide bonds. The van der Waals surface area contributed by atoms with Crippen molar-refractivity contribution in [3.05, 3.63) is 34.6 Å². The van der Waals surface area contributed by atoms with Crippen molar-refractivity contribution in [2.24, 2.45) is 5.73 Å². The predicted molar refractivity (Wildman–Crippen MR) is 98.5 cm³/mol. The quantitative estimate of drug-likeness (QED) is 0.671. The third-order valence-electron chi connectivity index (χ3n) is 5.29. The Bertz CT molecular complexity index is 1060. The van der Waals surface area contributed by atoms with Gasteiger partial charge in [-0.3, -0.25) is 4.79 Å². The van der Waals surface area contributed by atoms with Gasteiger partial charge in [-0.05, 0) is 13.8 Å². The van der Waals surface area contributed by atoms with E-state index in [1.807, 2.05) is 6.92 Å². The second-order valence-corrected chi connectivity index (χ2v) is 8.09. The molecule has 0 aromatic carbocycles. The number of carbonyl (C=O) groups excluding carboxylic acids is 1. The van der Waals surface area contributed by atoms with E-state index in [1.165, 1.54) is 34.3 Å². The summed E-state index contributed by atoms with van der Waals surface area (Å²) < 4.78 is 42.9. The molecule has 1 aliphatic rings. The Morgan fingerprint density at radius 2 is 2.11 bits per heavy atom. The maximum Gasteiger partial charge on any atom is 0.442 e. The van der Waals surface area contributed by atoms with Gasteiger partial charge in [0, 0.05) is 30.0 Å². The van der Waals surface area contributed by atoms with Crippen LogP contribution in [0.25, 0.3) is 5.65 Å². The third-order valence-corrected chi connectivity index (χ3v) is 6.49. The van der Waals surface area contributed by atoms with Gasteiger partial charge in [0.2, 0.25) is 5.82 Å². The highest BCUT2D eigenvalue weighted by Gasteiger charge is 2.61. The monoisotopic (exact) mass is 411 g/mol. The van der Waals surface area contributed by atoms with Gasteiger partial charge in [0.1, 0.15) is 5.56 Å². The number of fused-ring (bicyclic) bond motifs is 1. The van der Waals surface area contributed by atoms with Crippen LogP contribution in [0.2, 0.25) is 0 Å². The van der Waals surface area contributed by atoms with Crippen LogP contribution in [-0.4, -0.2) is 44.3 Å². The van der Waals surface area contributed by atoms with E-state index in [4.69, 9.17) is 5.73 Å². The first-order valence-corrected chi connectivity index (χ1v) is 9.50. The first-order valence-electron chi connectivity index (χ1n) is 8.68. The normalized spacial score (nSPS) is 22.8. The summed E-state index contributed by atoms with van der Waals surface area (Å²) in [7, 11) is 0. The lowest BCUT2D eigenvalue weighted by atomic mass is 10.2. The number of quaternary nitrogens is 1. The molecule has 1 fully saturated rings. The summed E-state index contributed by atoms with van der Waals surface area (Å²) in [4.78, 5) is 21.4. The van der Waals surface area contributed by atoms with Gasteiger partial charge in [-0.15, -0.1) is 0 Å². The molecule has 1 aliphatic heterocycles. The topological polar surface area (TPSA) is 86.2 Å². The molecule has 148 valence electrons. The van der Waals surface area contributed by atoms with Crippen molar-refractivity contribution in [3.63, 3.8) is 0 Å². The van der Waals surface area contributed by atoms with E-state index < -0.39 is 22.6 Å². The van der Waals surface area contributed by atoms with Gasteiger partial charge in [-0.2, -0.15) is 28.2 Å². The van der Waals surface area contributed by atoms with Crippen LogP contribution in [0.5, 0.6) is 0 Å². The maximum atomic E-state index is 14.0. The number of nitrogens with zero attached hydrogens (tertiary/aromatic N) is 5. The highest BCUT2D eigenvalue weighted by molar-refractivity contribution is 7.15. The number of thiazole rings is 1. The molecule has 3 aromatic heterocycles. The number of aromatic nitrogens is 4. The van der Waals surface area contributed by atoms with Crippen molar-refractivity contribution >= 4 is 33.8 Å². The number of halogens is 3. The smallest absolute Gasteiger partial charge is 0.365 e. The average Bonchev–Trinajstić information content (AvgIpc) is 3.31. The molecule has 0 radical (unpaired) electrons. The Kier molecular flexibility index (Phi) is 4.19. The third kappa shape index (κ3) is 2.68. The first-order chi connectivity index (χ1) is 13.1. The van der Waals surface area contributed by atoms with Crippen LogP contribution in [-0.2, 0) is 0 Å².